The number of nitrogen functional groups attached to an aromatic ring is 1. The Morgan fingerprint density at radius 2 is 1.84 bits per heavy atom. The maximum atomic E-state index is 13.0. The molecule has 0 radical (unpaired) electrons. The van der Waals surface area contributed by atoms with Crippen molar-refractivity contribution < 1.29 is 13.5 Å². The van der Waals surface area contributed by atoms with Gasteiger partial charge in [0.2, 0.25) is 17.8 Å². The Balaban J connectivity index is 1.39. The summed E-state index contributed by atoms with van der Waals surface area (Å²) in [5, 5.41) is 10.4. The normalized spacial score (nSPS) is 11.7. The zero-order valence-corrected chi connectivity index (χ0v) is 20.9. The predicted octanol–water partition coefficient (Wildman–Crippen LogP) is 4.33. The van der Waals surface area contributed by atoms with Gasteiger partial charge in [0, 0.05) is 24.5 Å². The van der Waals surface area contributed by atoms with Gasteiger partial charge in [-0.05, 0) is 49.7 Å². The van der Waals surface area contributed by atoms with Crippen molar-refractivity contribution >= 4 is 23.4 Å². The molecular weight excluding hydrogens is 494 g/mol. The number of fused-ring (bicyclic) bond motifs is 1. The van der Waals surface area contributed by atoms with Crippen LogP contribution in [0, 0.1) is 0 Å². The van der Waals surface area contributed by atoms with Gasteiger partial charge in [0.05, 0.1) is 30.1 Å². The van der Waals surface area contributed by atoms with Gasteiger partial charge in [0.25, 0.3) is 0 Å². The van der Waals surface area contributed by atoms with Crippen molar-refractivity contribution in [2.45, 2.75) is 32.5 Å². The van der Waals surface area contributed by atoms with Crippen LogP contribution in [0.15, 0.2) is 61.1 Å². The molecule has 0 aliphatic heterocycles. The fraction of sp³-hybridized carbons (Fsp3) is 0.240. The van der Waals surface area contributed by atoms with E-state index >= 15 is 0 Å². The highest BCUT2D eigenvalue weighted by Gasteiger charge is 2.26. The first-order valence-electron chi connectivity index (χ1n) is 11.7. The van der Waals surface area contributed by atoms with Crippen molar-refractivity contribution in [3.8, 4) is 17.1 Å². The Bertz CT molecular complexity index is 1560. The standard InChI is InChI=1S/C25H26F2N10O/c1-25(2,19-10-11-37(35-19)21(26)27)34-23-32-20(31-22(28)33-23)16-6-7-17-13-30-24(36(17)14-16)29-12-15-4-8-18(38-3)9-5-15/h4-11,13-14,21H,12H2,1-3H3,(H,29,30)(H3,28,31,32,33,34). The fourth-order valence-electron chi connectivity index (χ4n) is 3.88. The number of rotatable bonds is 9. The van der Waals surface area contributed by atoms with Gasteiger partial charge in [-0.2, -0.15) is 28.8 Å². The Hall–Kier alpha value is -4.81. The molecule has 5 rings (SSSR count). The van der Waals surface area contributed by atoms with Crippen LogP contribution in [0.3, 0.4) is 0 Å². The molecular formula is C25H26F2N10O. The maximum Gasteiger partial charge on any atom is 0.333 e. The third-order valence-corrected chi connectivity index (χ3v) is 5.92. The van der Waals surface area contributed by atoms with Crippen LogP contribution in [-0.4, -0.2) is 41.2 Å². The summed E-state index contributed by atoms with van der Waals surface area (Å²) in [6.07, 6.45) is 4.83. The number of aromatic nitrogens is 7. The fourth-order valence-corrected chi connectivity index (χ4v) is 3.88. The minimum absolute atomic E-state index is 0.00925. The molecule has 0 atom stereocenters. The molecule has 0 saturated carbocycles. The Morgan fingerprint density at radius 1 is 1.05 bits per heavy atom. The summed E-state index contributed by atoms with van der Waals surface area (Å²) in [6, 6.07) is 13.0. The van der Waals surface area contributed by atoms with E-state index in [4.69, 9.17) is 10.5 Å². The van der Waals surface area contributed by atoms with Crippen LogP contribution >= 0.6 is 0 Å². The van der Waals surface area contributed by atoms with E-state index in [-0.39, 0.29) is 11.9 Å². The second kappa shape index (κ2) is 9.92. The average molecular weight is 521 g/mol. The number of nitrogens with zero attached hydrogens (tertiary/aromatic N) is 7. The average Bonchev–Trinajstić information content (AvgIpc) is 3.55. The summed E-state index contributed by atoms with van der Waals surface area (Å²) < 4.78 is 33.7. The lowest BCUT2D eigenvalue weighted by molar-refractivity contribution is 0.0558. The number of nitrogens with two attached hydrogens (primary N) is 1. The number of alkyl halides is 2. The van der Waals surface area contributed by atoms with Crippen LogP contribution in [0.2, 0.25) is 0 Å². The highest BCUT2D eigenvalue weighted by molar-refractivity contribution is 5.63. The molecule has 4 N–H and O–H groups in total. The molecule has 11 nitrogen and oxygen atoms in total. The summed E-state index contributed by atoms with van der Waals surface area (Å²) in [6.45, 7) is 1.40. The van der Waals surface area contributed by atoms with Gasteiger partial charge in [-0.25, -0.2) is 9.67 Å². The van der Waals surface area contributed by atoms with Crippen molar-refractivity contribution in [2.24, 2.45) is 0 Å². The highest BCUT2D eigenvalue weighted by Crippen LogP contribution is 2.26. The molecule has 0 amide bonds. The van der Waals surface area contributed by atoms with Gasteiger partial charge in [-0.15, -0.1) is 0 Å². The van der Waals surface area contributed by atoms with E-state index in [0.717, 1.165) is 16.8 Å². The largest absolute Gasteiger partial charge is 0.497 e. The summed E-state index contributed by atoms with van der Waals surface area (Å²) in [5.74, 6) is 1.98. The monoisotopic (exact) mass is 520 g/mol. The molecule has 4 aromatic heterocycles. The van der Waals surface area contributed by atoms with Crippen molar-refractivity contribution in [2.75, 3.05) is 23.5 Å². The van der Waals surface area contributed by atoms with E-state index in [1.165, 1.54) is 12.3 Å². The van der Waals surface area contributed by atoms with Gasteiger partial charge in [0.1, 0.15) is 5.75 Å². The van der Waals surface area contributed by atoms with E-state index in [1.54, 1.807) is 27.2 Å². The lowest BCUT2D eigenvalue weighted by Crippen LogP contribution is -2.30. The first-order chi connectivity index (χ1) is 18.2. The predicted molar refractivity (Wildman–Crippen MR) is 139 cm³/mol. The van der Waals surface area contributed by atoms with E-state index in [1.807, 2.05) is 47.0 Å². The van der Waals surface area contributed by atoms with Gasteiger partial charge in [-0.1, -0.05) is 12.1 Å². The number of imidazole rings is 1. The Labute approximate surface area is 216 Å². The second-order valence-electron chi connectivity index (χ2n) is 9.05. The number of methoxy groups -OCH3 is 1. The van der Waals surface area contributed by atoms with Crippen LogP contribution in [0.4, 0.5) is 26.6 Å². The number of nitrogens with one attached hydrogen (secondary N) is 2. The van der Waals surface area contributed by atoms with E-state index < -0.39 is 12.1 Å². The number of hydrogen-bond donors (Lipinski definition) is 3. The van der Waals surface area contributed by atoms with Crippen molar-refractivity contribution in [1.29, 1.82) is 0 Å². The topological polar surface area (TPSA) is 133 Å². The number of benzene rings is 1. The van der Waals surface area contributed by atoms with E-state index in [0.29, 0.717) is 34.3 Å². The summed E-state index contributed by atoms with van der Waals surface area (Å²) >= 11 is 0. The minimum atomic E-state index is -2.73. The van der Waals surface area contributed by atoms with Crippen LogP contribution in [0.25, 0.3) is 16.9 Å². The van der Waals surface area contributed by atoms with Crippen molar-refractivity contribution in [3.63, 3.8) is 0 Å². The van der Waals surface area contributed by atoms with Gasteiger partial charge >= 0.3 is 6.55 Å². The zero-order chi connectivity index (χ0) is 26.9. The third kappa shape index (κ3) is 5.16. The van der Waals surface area contributed by atoms with Gasteiger partial charge in [-0.3, -0.25) is 4.40 Å². The van der Waals surface area contributed by atoms with Gasteiger partial charge < -0.3 is 21.1 Å². The molecule has 38 heavy (non-hydrogen) atoms. The molecule has 0 saturated heterocycles. The molecule has 13 heteroatoms. The Morgan fingerprint density at radius 3 is 2.55 bits per heavy atom. The zero-order valence-electron chi connectivity index (χ0n) is 20.9. The molecule has 196 valence electrons. The Kier molecular flexibility index (Phi) is 6.49. The first-order valence-corrected chi connectivity index (χ1v) is 11.7. The molecule has 4 heterocycles. The lowest BCUT2D eigenvalue weighted by atomic mass is 10.0. The number of anilines is 3. The molecule has 5 aromatic rings. The molecule has 0 aliphatic carbocycles. The van der Waals surface area contributed by atoms with Crippen LogP contribution in [0.1, 0.15) is 31.7 Å². The number of ether oxygens (including phenoxy) is 1. The quantitative estimate of drug-likeness (QED) is 0.260. The van der Waals surface area contributed by atoms with Gasteiger partial charge in [0.15, 0.2) is 5.82 Å². The molecule has 0 unspecified atom stereocenters. The molecule has 0 bridgehead atoms. The summed E-state index contributed by atoms with van der Waals surface area (Å²) in [5.41, 5.74) is 8.15. The van der Waals surface area contributed by atoms with Crippen molar-refractivity contribution in [3.05, 3.63) is 72.3 Å². The first kappa shape index (κ1) is 24.9. The maximum absolute atomic E-state index is 13.0. The van der Waals surface area contributed by atoms with Crippen LogP contribution in [-0.2, 0) is 12.1 Å². The summed E-state index contributed by atoms with van der Waals surface area (Å²) in [4.78, 5) is 17.5. The van der Waals surface area contributed by atoms with E-state index in [2.05, 4.69) is 35.7 Å². The summed E-state index contributed by atoms with van der Waals surface area (Å²) in [7, 11) is 1.63. The SMILES string of the molecule is COc1ccc(CNc2ncc3ccc(-c4nc(N)nc(NC(C)(C)c5ccn(C(F)F)n5)n4)cn23)cc1. The van der Waals surface area contributed by atoms with Crippen molar-refractivity contribution in [1.82, 2.24) is 34.1 Å². The highest BCUT2D eigenvalue weighted by atomic mass is 19.3. The minimum Gasteiger partial charge on any atom is -0.497 e. The number of hydrogen-bond acceptors (Lipinski definition) is 9. The van der Waals surface area contributed by atoms with Crippen LogP contribution in [0.5, 0.6) is 5.75 Å². The number of halogens is 2. The van der Waals surface area contributed by atoms with E-state index in [9.17, 15) is 8.78 Å². The van der Waals surface area contributed by atoms with Crippen LogP contribution < -0.4 is 21.1 Å². The lowest BCUT2D eigenvalue weighted by Gasteiger charge is -2.24. The molecule has 1 aromatic carbocycles. The molecule has 0 aliphatic rings. The smallest absolute Gasteiger partial charge is 0.333 e. The number of pyridine rings is 1. The molecule has 0 fully saturated rings. The third-order valence-electron chi connectivity index (χ3n) is 5.92. The molecule has 0 spiro atoms. The second-order valence-corrected chi connectivity index (χ2v) is 9.05.